The van der Waals surface area contributed by atoms with Gasteiger partial charge in [-0.3, -0.25) is 4.79 Å². The van der Waals surface area contributed by atoms with Crippen molar-refractivity contribution in [3.63, 3.8) is 0 Å². The molecule has 0 N–H and O–H groups in total. The summed E-state index contributed by atoms with van der Waals surface area (Å²) in [5.74, 6) is 1.12. The zero-order chi connectivity index (χ0) is 9.35. The lowest BCUT2D eigenvalue weighted by atomic mass is 9.81. The first-order valence-corrected chi connectivity index (χ1v) is 4.58. The van der Waals surface area contributed by atoms with Crippen LogP contribution >= 0.6 is 0 Å². The van der Waals surface area contributed by atoms with Crippen molar-refractivity contribution >= 4 is 6.47 Å². The summed E-state index contributed by atoms with van der Waals surface area (Å²) in [5.41, 5.74) is 0.313. The molecule has 1 aliphatic carbocycles. The highest BCUT2D eigenvalue weighted by Crippen LogP contribution is 2.46. The van der Waals surface area contributed by atoms with Gasteiger partial charge in [-0.15, -0.1) is 0 Å². The normalized spacial score (nSPS) is 39.5. The molecule has 70 valence electrons. The molecule has 1 fully saturated rings. The van der Waals surface area contributed by atoms with Gasteiger partial charge in [0.1, 0.15) is 6.10 Å². The summed E-state index contributed by atoms with van der Waals surface area (Å²) in [6, 6.07) is 0. The third-order valence-electron chi connectivity index (χ3n) is 3.57. The average molecular weight is 170 g/mol. The van der Waals surface area contributed by atoms with Gasteiger partial charge in [-0.05, 0) is 23.7 Å². The quantitative estimate of drug-likeness (QED) is 0.594. The van der Waals surface area contributed by atoms with Gasteiger partial charge in [0.2, 0.25) is 0 Å². The first-order valence-electron chi connectivity index (χ1n) is 4.58. The van der Waals surface area contributed by atoms with E-state index >= 15 is 0 Å². The van der Waals surface area contributed by atoms with E-state index in [1.165, 1.54) is 0 Å². The Morgan fingerprint density at radius 3 is 2.33 bits per heavy atom. The number of ether oxygens (including phenoxy) is 1. The first kappa shape index (κ1) is 9.56. The fourth-order valence-electron chi connectivity index (χ4n) is 2.17. The minimum Gasteiger partial charge on any atom is -0.464 e. The highest BCUT2D eigenvalue weighted by atomic mass is 16.5. The Bertz CT molecular complexity index is 175. The summed E-state index contributed by atoms with van der Waals surface area (Å²) in [6.07, 6.45) is 1.13. The molecule has 12 heavy (non-hydrogen) atoms. The number of hydrogen-bond donors (Lipinski definition) is 0. The number of hydrogen-bond acceptors (Lipinski definition) is 2. The van der Waals surface area contributed by atoms with Crippen LogP contribution in [-0.2, 0) is 9.53 Å². The van der Waals surface area contributed by atoms with Gasteiger partial charge >= 0.3 is 0 Å². The van der Waals surface area contributed by atoms with E-state index in [1.807, 2.05) is 0 Å². The number of rotatable bonds is 2. The Kier molecular flexibility index (Phi) is 2.45. The van der Waals surface area contributed by atoms with Crippen molar-refractivity contribution in [1.29, 1.82) is 0 Å². The van der Waals surface area contributed by atoms with Gasteiger partial charge in [0.25, 0.3) is 6.47 Å². The van der Waals surface area contributed by atoms with Crippen LogP contribution in [0.15, 0.2) is 0 Å². The molecule has 0 bridgehead atoms. The van der Waals surface area contributed by atoms with Crippen molar-refractivity contribution in [2.45, 2.75) is 40.2 Å². The minimum atomic E-state index is 0.132. The third kappa shape index (κ3) is 1.47. The fraction of sp³-hybridized carbons (Fsp3) is 0.900. The van der Waals surface area contributed by atoms with E-state index < -0.39 is 0 Å². The third-order valence-corrected chi connectivity index (χ3v) is 3.57. The van der Waals surface area contributed by atoms with Crippen LogP contribution in [0.1, 0.15) is 34.1 Å². The summed E-state index contributed by atoms with van der Waals surface area (Å²) in [4.78, 5) is 10.2. The molecule has 2 heteroatoms. The highest BCUT2D eigenvalue weighted by Gasteiger charge is 2.44. The molecular formula is C10H18O2. The molecule has 0 aliphatic heterocycles. The van der Waals surface area contributed by atoms with E-state index in [-0.39, 0.29) is 6.10 Å². The first-order chi connectivity index (χ1) is 5.49. The van der Waals surface area contributed by atoms with Crippen LogP contribution in [0.3, 0.4) is 0 Å². The second-order valence-corrected chi connectivity index (χ2v) is 4.61. The molecule has 1 aliphatic rings. The van der Waals surface area contributed by atoms with Crippen molar-refractivity contribution in [3.05, 3.63) is 0 Å². The predicted molar refractivity (Wildman–Crippen MR) is 47.7 cm³/mol. The van der Waals surface area contributed by atoms with Crippen LogP contribution in [0.4, 0.5) is 0 Å². The molecule has 3 atom stereocenters. The topological polar surface area (TPSA) is 26.3 Å². The molecule has 0 aromatic heterocycles. The smallest absolute Gasteiger partial charge is 0.293 e. The number of carbonyl (C=O) groups excluding carboxylic acids is 1. The maximum Gasteiger partial charge on any atom is 0.293 e. The van der Waals surface area contributed by atoms with Gasteiger partial charge in [-0.2, -0.15) is 0 Å². The van der Waals surface area contributed by atoms with Crippen LogP contribution in [0.25, 0.3) is 0 Å². The largest absolute Gasteiger partial charge is 0.464 e. The van der Waals surface area contributed by atoms with Crippen molar-refractivity contribution in [3.8, 4) is 0 Å². The Labute approximate surface area is 74.3 Å². The maximum atomic E-state index is 10.2. The lowest BCUT2D eigenvalue weighted by Gasteiger charge is -2.24. The molecule has 0 radical (unpaired) electrons. The number of carbonyl (C=O) groups is 1. The lowest BCUT2D eigenvalue weighted by molar-refractivity contribution is -0.135. The van der Waals surface area contributed by atoms with Gasteiger partial charge < -0.3 is 4.74 Å². The summed E-state index contributed by atoms with van der Waals surface area (Å²) in [6.45, 7) is 9.45. The standard InChI is InChI=1S/C10H18O2/c1-7-8(2)10(3,4)5-9(7)12-6-11/h6-9H,5H2,1-4H3. The molecule has 2 nitrogen and oxygen atoms in total. The molecule has 0 aromatic rings. The van der Waals surface area contributed by atoms with E-state index in [4.69, 9.17) is 4.74 Å². The minimum absolute atomic E-state index is 0.132. The molecule has 1 saturated carbocycles. The zero-order valence-corrected chi connectivity index (χ0v) is 8.33. The van der Waals surface area contributed by atoms with E-state index in [9.17, 15) is 4.79 Å². The summed E-state index contributed by atoms with van der Waals surface area (Å²) in [7, 11) is 0. The Hall–Kier alpha value is -0.530. The SMILES string of the molecule is CC1C(OC=O)CC(C)(C)C1C. The molecule has 0 heterocycles. The van der Waals surface area contributed by atoms with Gasteiger partial charge in [0, 0.05) is 0 Å². The Morgan fingerprint density at radius 1 is 1.42 bits per heavy atom. The molecular weight excluding hydrogens is 152 g/mol. The van der Waals surface area contributed by atoms with Crippen molar-refractivity contribution in [2.24, 2.45) is 17.3 Å². The second kappa shape index (κ2) is 3.08. The molecule has 1 rings (SSSR count). The summed E-state index contributed by atoms with van der Waals surface area (Å²) in [5, 5.41) is 0. The van der Waals surface area contributed by atoms with Crippen LogP contribution in [0.5, 0.6) is 0 Å². The van der Waals surface area contributed by atoms with Crippen molar-refractivity contribution in [1.82, 2.24) is 0 Å². The molecule has 0 saturated heterocycles. The van der Waals surface area contributed by atoms with E-state index in [2.05, 4.69) is 27.7 Å². The zero-order valence-electron chi connectivity index (χ0n) is 8.33. The second-order valence-electron chi connectivity index (χ2n) is 4.61. The van der Waals surface area contributed by atoms with E-state index in [0.29, 0.717) is 23.7 Å². The molecule has 3 unspecified atom stereocenters. The van der Waals surface area contributed by atoms with Crippen molar-refractivity contribution < 1.29 is 9.53 Å². The van der Waals surface area contributed by atoms with E-state index in [0.717, 1.165) is 6.42 Å². The van der Waals surface area contributed by atoms with Gasteiger partial charge in [-0.1, -0.05) is 27.7 Å². The van der Waals surface area contributed by atoms with Crippen LogP contribution in [0.2, 0.25) is 0 Å². The summed E-state index contributed by atoms with van der Waals surface area (Å²) >= 11 is 0. The molecule has 0 aromatic carbocycles. The average Bonchev–Trinajstić information content (AvgIpc) is 2.16. The van der Waals surface area contributed by atoms with Crippen LogP contribution < -0.4 is 0 Å². The van der Waals surface area contributed by atoms with Crippen LogP contribution in [0, 0.1) is 17.3 Å². The van der Waals surface area contributed by atoms with Gasteiger partial charge in [0.15, 0.2) is 0 Å². The van der Waals surface area contributed by atoms with Crippen LogP contribution in [-0.4, -0.2) is 12.6 Å². The fourth-order valence-corrected chi connectivity index (χ4v) is 2.17. The summed E-state index contributed by atoms with van der Waals surface area (Å²) < 4.78 is 5.04. The lowest BCUT2D eigenvalue weighted by Crippen LogP contribution is -2.18. The predicted octanol–water partition coefficient (Wildman–Crippen LogP) is 2.23. The highest BCUT2D eigenvalue weighted by molar-refractivity contribution is 5.37. The van der Waals surface area contributed by atoms with Gasteiger partial charge in [-0.25, -0.2) is 0 Å². The van der Waals surface area contributed by atoms with E-state index in [1.54, 1.807) is 0 Å². The monoisotopic (exact) mass is 170 g/mol. The maximum absolute atomic E-state index is 10.2. The van der Waals surface area contributed by atoms with Gasteiger partial charge in [0.05, 0.1) is 0 Å². The molecule has 0 amide bonds. The Balaban J connectivity index is 2.67. The Morgan fingerprint density at radius 2 is 2.00 bits per heavy atom. The molecule has 0 spiro atoms. The van der Waals surface area contributed by atoms with Crippen molar-refractivity contribution in [2.75, 3.05) is 0 Å².